The Labute approximate surface area is 82.9 Å². The van der Waals surface area contributed by atoms with Gasteiger partial charge in [0.1, 0.15) is 0 Å². The van der Waals surface area contributed by atoms with Gasteiger partial charge >= 0.3 is 5.92 Å². The molecule has 0 radical (unpaired) electrons. The van der Waals surface area contributed by atoms with Gasteiger partial charge in [0.2, 0.25) is 0 Å². The average Bonchev–Trinajstić information content (AvgIpc) is 2.20. The predicted molar refractivity (Wildman–Crippen MR) is 44.3 cm³/mol. The summed E-state index contributed by atoms with van der Waals surface area (Å²) in [7, 11) is 1.02. The van der Waals surface area contributed by atoms with Gasteiger partial charge in [0, 0.05) is 12.6 Å². The summed E-state index contributed by atoms with van der Waals surface area (Å²) in [5.41, 5.74) is -0.888. The quantitative estimate of drug-likeness (QED) is 0.758. The maximum Gasteiger partial charge on any atom is 0.349 e. The third kappa shape index (κ3) is 2.08. The van der Waals surface area contributed by atoms with Crippen LogP contribution >= 0.6 is 0 Å². The summed E-state index contributed by atoms with van der Waals surface area (Å²) in [6.07, 6.45) is 0. The molecule has 0 aliphatic rings. The molecule has 0 heterocycles. The highest BCUT2D eigenvalue weighted by Crippen LogP contribution is 2.28. The first kappa shape index (κ1) is 11.5. The van der Waals surface area contributed by atoms with Crippen LogP contribution in [0.4, 0.5) is 17.6 Å². The van der Waals surface area contributed by atoms with Crippen molar-refractivity contribution >= 4 is 5.91 Å². The molecule has 82 valence electrons. The van der Waals surface area contributed by atoms with Crippen LogP contribution in [0.3, 0.4) is 0 Å². The number of likely N-dealkylation sites (N-methyl/N-ethyl adjacent to an activating group) is 1. The van der Waals surface area contributed by atoms with Gasteiger partial charge in [0.25, 0.3) is 5.91 Å². The molecule has 1 N–H and O–H groups in total. The largest absolute Gasteiger partial charge is 0.354 e. The minimum atomic E-state index is -3.87. The van der Waals surface area contributed by atoms with E-state index in [1.807, 2.05) is 0 Å². The molecule has 0 spiro atoms. The molecule has 2 nitrogen and oxygen atoms in total. The lowest BCUT2D eigenvalue weighted by Crippen LogP contribution is -2.35. The molecule has 0 aliphatic heterocycles. The van der Waals surface area contributed by atoms with Crippen LogP contribution in [0.2, 0.25) is 0 Å². The SMILES string of the molecule is CNC(=O)C(F)(F)c1ccc(F)c(F)c1. The summed E-state index contributed by atoms with van der Waals surface area (Å²) in [6, 6.07) is 1.50. The number of hydrogen-bond donors (Lipinski definition) is 1. The second-order valence-corrected chi connectivity index (χ2v) is 2.78. The zero-order valence-electron chi connectivity index (χ0n) is 7.65. The summed E-state index contributed by atoms with van der Waals surface area (Å²) in [4.78, 5) is 10.8. The highest BCUT2D eigenvalue weighted by Gasteiger charge is 2.40. The maximum absolute atomic E-state index is 13.2. The number of hydrogen-bond acceptors (Lipinski definition) is 1. The number of nitrogens with one attached hydrogen (secondary N) is 1. The van der Waals surface area contributed by atoms with Crippen LogP contribution < -0.4 is 5.32 Å². The van der Waals surface area contributed by atoms with Crippen LogP contribution in [0, 0.1) is 11.6 Å². The number of halogens is 4. The van der Waals surface area contributed by atoms with Crippen molar-refractivity contribution < 1.29 is 22.4 Å². The van der Waals surface area contributed by atoms with E-state index in [-0.39, 0.29) is 0 Å². The normalized spacial score (nSPS) is 11.3. The van der Waals surface area contributed by atoms with Crippen molar-refractivity contribution in [3.8, 4) is 0 Å². The number of amides is 1. The highest BCUT2D eigenvalue weighted by atomic mass is 19.3. The summed E-state index contributed by atoms with van der Waals surface area (Å²) >= 11 is 0. The number of carbonyl (C=O) groups is 1. The zero-order chi connectivity index (χ0) is 11.6. The first-order valence-corrected chi connectivity index (χ1v) is 3.95. The topological polar surface area (TPSA) is 29.1 Å². The Hall–Kier alpha value is -1.59. The van der Waals surface area contributed by atoms with E-state index in [0.29, 0.717) is 18.2 Å². The van der Waals surface area contributed by atoms with Gasteiger partial charge < -0.3 is 5.32 Å². The Bertz CT molecular complexity index is 392. The molecule has 0 aliphatic carbocycles. The van der Waals surface area contributed by atoms with Gasteiger partial charge in [-0.1, -0.05) is 0 Å². The lowest BCUT2D eigenvalue weighted by Gasteiger charge is -2.14. The van der Waals surface area contributed by atoms with Crippen LogP contribution in [0.25, 0.3) is 0 Å². The molecule has 0 saturated carbocycles. The predicted octanol–water partition coefficient (Wildman–Crippen LogP) is 1.80. The molecular weight excluding hydrogens is 214 g/mol. The number of alkyl halides is 2. The molecule has 0 bridgehead atoms. The third-order valence-corrected chi connectivity index (χ3v) is 1.79. The molecule has 1 rings (SSSR count). The van der Waals surface area contributed by atoms with Gasteiger partial charge in [-0.05, 0) is 18.2 Å². The number of benzene rings is 1. The molecule has 1 aromatic carbocycles. The Morgan fingerprint density at radius 1 is 1.27 bits per heavy atom. The molecular formula is C9H7F4NO. The van der Waals surface area contributed by atoms with Crippen LogP contribution in [-0.2, 0) is 10.7 Å². The van der Waals surface area contributed by atoms with Gasteiger partial charge in [-0.15, -0.1) is 0 Å². The van der Waals surface area contributed by atoms with E-state index in [0.717, 1.165) is 7.05 Å². The lowest BCUT2D eigenvalue weighted by molar-refractivity contribution is -0.146. The fourth-order valence-electron chi connectivity index (χ4n) is 0.980. The summed E-state index contributed by atoms with van der Waals surface area (Å²) in [5.74, 6) is -8.11. The molecule has 1 amide bonds. The molecule has 0 aromatic heterocycles. The molecule has 0 fully saturated rings. The lowest BCUT2D eigenvalue weighted by atomic mass is 10.1. The van der Waals surface area contributed by atoms with Crippen molar-refractivity contribution in [3.05, 3.63) is 35.4 Å². The summed E-state index contributed by atoms with van der Waals surface area (Å²) < 4.78 is 51.4. The Morgan fingerprint density at radius 2 is 1.87 bits per heavy atom. The molecule has 15 heavy (non-hydrogen) atoms. The van der Waals surface area contributed by atoms with Gasteiger partial charge in [0.05, 0.1) is 0 Å². The Morgan fingerprint density at radius 3 is 2.33 bits per heavy atom. The molecule has 1 aromatic rings. The monoisotopic (exact) mass is 221 g/mol. The van der Waals surface area contributed by atoms with Crippen LogP contribution in [-0.4, -0.2) is 13.0 Å². The van der Waals surface area contributed by atoms with E-state index < -0.39 is 29.0 Å². The first-order chi connectivity index (χ1) is 6.89. The summed E-state index contributed by atoms with van der Waals surface area (Å²) in [5, 5.41) is 1.73. The van der Waals surface area contributed by atoms with E-state index >= 15 is 0 Å². The highest BCUT2D eigenvalue weighted by molar-refractivity contribution is 5.84. The minimum absolute atomic E-state index is 0.296. The fraction of sp³-hybridized carbons (Fsp3) is 0.222. The van der Waals surface area contributed by atoms with Crippen LogP contribution in [0.5, 0.6) is 0 Å². The van der Waals surface area contributed by atoms with Crippen LogP contribution in [0.1, 0.15) is 5.56 Å². The van der Waals surface area contributed by atoms with Gasteiger partial charge in [-0.2, -0.15) is 8.78 Å². The molecule has 0 saturated heterocycles. The van der Waals surface area contributed by atoms with E-state index in [2.05, 4.69) is 0 Å². The number of rotatable bonds is 2. The van der Waals surface area contributed by atoms with Gasteiger partial charge in [-0.25, -0.2) is 8.78 Å². The van der Waals surface area contributed by atoms with Crippen molar-refractivity contribution in [2.75, 3.05) is 7.05 Å². The van der Waals surface area contributed by atoms with Crippen molar-refractivity contribution in [2.24, 2.45) is 0 Å². The van der Waals surface area contributed by atoms with Crippen molar-refractivity contribution in [2.45, 2.75) is 5.92 Å². The van der Waals surface area contributed by atoms with Gasteiger partial charge in [0.15, 0.2) is 11.6 Å². The van der Waals surface area contributed by atoms with E-state index in [9.17, 15) is 22.4 Å². The first-order valence-electron chi connectivity index (χ1n) is 3.95. The second kappa shape index (κ2) is 3.88. The Kier molecular flexibility index (Phi) is 2.97. The van der Waals surface area contributed by atoms with E-state index in [1.54, 1.807) is 5.32 Å². The van der Waals surface area contributed by atoms with E-state index in [1.165, 1.54) is 0 Å². The van der Waals surface area contributed by atoms with E-state index in [4.69, 9.17) is 0 Å². The van der Waals surface area contributed by atoms with Crippen molar-refractivity contribution in [1.29, 1.82) is 0 Å². The standard InChI is InChI=1S/C9H7F4NO/c1-14-8(15)9(12,13)5-2-3-6(10)7(11)4-5/h2-4H,1H3,(H,14,15). The maximum atomic E-state index is 13.2. The van der Waals surface area contributed by atoms with Crippen molar-refractivity contribution in [3.63, 3.8) is 0 Å². The average molecular weight is 221 g/mol. The second-order valence-electron chi connectivity index (χ2n) is 2.78. The Balaban J connectivity index is 3.16. The molecule has 0 unspecified atom stereocenters. The molecule has 0 atom stereocenters. The smallest absolute Gasteiger partial charge is 0.349 e. The third-order valence-electron chi connectivity index (χ3n) is 1.79. The summed E-state index contributed by atoms with van der Waals surface area (Å²) in [6.45, 7) is 0. The van der Waals surface area contributed by atoms with Gasteiger partial charge in [-0.3, -0.25) is 4.79 Å². The fourth-order valence-corrected chi connectivity index (χ4v) is 0.980. The molecule has 6 heteroatoms. The van der Waals surface area contributed by atoms with Crippen LogP contribution in [0.15, 0.2) is 18.2 Å². The number of carbonyl (C=O) groups excluding carboxylic acids is 1. The van der Waals surface area contributed by atoms with Crippen molar-refractivity contribution in [1.82, 2.24) is 5.32 Å². The minimum Gasteiger partial charge on any atom is -0.354 e. The zero-order valence-corrected chi connectivity index (χ0v) is 7.65.